The molecule has 0 heterocycles. The van der Waals surface area contributed by atoms with Gasteiger partial charge in [-0.1, -0.05) is 57.9 Å². The highest BCUT2D eigenvalue weighted by Crippen LogP contribution is 2.24. The lowest BCUT2D eigenvalue weighted by molar-refractivity contribution is 0.446. The van der Waals surface area contributed by atoms with E-state index in [1.54, 1.807) is 0 Å². The van der Waals surface area contributed by atoms with E-state index in [2.05, 4.69) is 58.9 Å². The van der Waals surface area contributed by atoms with Crippen molar-refractivity contribution in [1.82, 2.24) is 0 Å². The molecule has 0 aliphatic rings. The second-order valence-electron chi connectivity index (χ2n) is 7.15. The zero-order chi connectivity index (χ0) is 15.2. The Morgan fingerprint density at radius 3 is 2.10 bits per heavy atom. The molecular weight excluding hydrogens is 264 g/mol. The average molecular weight is 295 g/mol. The van der Waals surface area contributed by atoms with Crippen LogP contribution in [0.25, 0.3) is 0 Å². The standard InChI is InChI=1S/C19H31Cl/c1-15(2)18-12-10-17(11-13-18)9-8-16(3)7-6-14-19(4,5)20/h10-13,15-16H,6-9,14H2,1-5H3. The van der Waals surface area contributed by atoms with E-state index in [4.69, 9.17) is 11.6 Å². The molecule has 1 unspecified atom stereocenters. The molecular formula is C19H31Cl. The number of hydrogen-bond donors (Lipinski definition) is 0. The first-order chi connectivity index (χ1) is 9.28. The Morgan fingerprint density at radius 1 is 1.00 bits per heavy atom. The molecule has 0 N–H and O–H groups in total. The summed E-state index contributed by atoms with van der Waals surface area (Å²) in [5.74, 6) is 1.42. The van der Waals surface area contributed by atoms with Crippen LogP contribution < -0.4 is 0 Å². The highest BCUT2D eigenvalue weighted by atomic mass is 35.5. The third-order valence-electron chi connectivity index (χ3n) is 4.04. The number of benzene rings is 1. The van der Waals surface area contributed by atoms with Gasteiger partial charge in [-0.25, -0.2) is 0 Å². The maximum atomic E-state index is 6.23. The molecule has 0 aliphatic heterocycles. The van der Waals surface area contributed by atoms with Crippen LogP contribution in [0.1, 0.15) is 77.3 Å². The van der Waals surface area contributed by atoms with Crippen LogP contribution in [0.3, 0.4) is 0 Å². The van der Waals surface area contributed by atoms with Gasteiger partial charge >= 0.3 is 0 Å². The second kappa shape index (κ2) is 8.08. The topological polar surface area (TPSA) is 0 Å². The van der Waals surface area contributed by atoms with E-state index in [0.717, 1.165) is 12.3 Å². The second-order valence-corrected chi connectivity index (χ2v) is 8.17. The minimum atomic E-state index is -0.0353. The van der Waals surface area contributed by atoms with Crippen LogP contribution in [0.5, 0.6) is 0 Å². The van der Waals surface area contributed by atoms with Gasteiger partial charge < -0.3 is 0 Å². The smallest absolute Gasteiger partial charge is 0.0390 e. The summed E-state index contributed by atoms with van der Waals surface area (Å²) >= 11 is 6.23. The highest BCUT2D eigenvalue weighted by molar-refractivity contribution is 6.23. The van der Waals surface area contributed by atoms with Crippen molar-refractivity contribution in [1.29, 1.82) is 0 Å². The fourth-order valence-electron chi connectivity index (χ4n) is 2.50. The summed E-state index contributed by atoms with van der Waals surface area (Å²) in [5.41, 5.74) is 2.91. The van der Waals surface area contributed by atoms with Gasteiger partial charge in [-0.05, 0) is 56.1 Å². The first kappa shape index (κ1) is 17.6. The van der Waals surface area contributed by atoms with Crippen molar-refractivity contribution < 1.29 is 0 Å². The highest BCUT2D eigenvalue weighted by Gasteiger charge is 2.13. The Morgan fingerprint density at radius 2 is 1.60 bits per heavy atom. The molecule has 1 atom stereocenters. The van der Waals surface area contributed by atoms with Gasteiger partial charge in [-0.2, -0.15) is 0 Å². The van der Waals surface area contributed by atoms with Crippen molar-refractivity contribution in [3.63, 3.8) is 0 Å². The molecule has 0 nitrogen and oxygen atoms in total. The van der Waals surface area contributed by atoms with Crippen molar-refractivity contribution >= 4 is 11.6 Å². The Hall–Kier alpha value is -0.490. The van der Waals surface area contributed by atoms with Crippen LogP contribution in [0, 0.1) is 5.92 Å². The predicted molar refractivity (Wildman–Crippen MR) is 91.8 cm³/mol. The van der Waals surface area contributed by atoms with Crippen LogP contribution in [-0.4, -0.2) is 4.87 Å². The molecule has 1 aromatic carbocycles. The Bertz CT molecular complexity index is 370. The molecule has 0 bridgehead atoms. The van der Waals surface area contributed by atoms with E-state index < -0.39 is 0 Å². The zero-order valence-corrected chi connectivity index (χ0v) is 14.6. The molecule has 1 rings (SSSR count). The van der Waals surface area contributed by atoms with Crippen LogP contribution in [0.2, 0.25) is 0 Å². The molecule has 0 amide bonds. The summed E-state index contributed by atoms with van der Waals surface area (Å²) in [6.45, 7) is 11.1. The summed E-state index contributed by atoms with van der Waals surface area (Å²) in [4.78, 5) is -0.0353. The minimum absolute atomic E-state index is 0.0353. The average Bonchev–Trinajstić information content (AvgIpc) is 2.35. The van der Waals surface area contributed by atoms with Gasteiger partial charge in [-0.15, -0.1) is 11.6 Å². The number of halogens is 1. The van der Waals surface area contributed by atoms with Gasteiger partial charge in [-0.3, -0.25) is 0 Å². The molecule has 0 saturated heterocycles. The molecule has 0 spiro atoms. The van der Waals surface area contributed by atoms with Crippen molar-refractivity contribution in [2.75, 3.05) is 0 Å². The number of alkyl halides is 1. The van der Waals surface area contributed by atoms with E-state index in [1.165, 1.54) is 36.8 Å². The third-order valence-corrected chi connectivity index (χ3v) is 4.23. The van der Waals surface area contributed by atoms with Crippen LogP contribution >= 0.6 is 11.6 Å². The van der Waals surface area contributed by atoms with Crippen LogP contribution in [0.4, 0.5) is 0 Å². The number of aryl methyl sites for hydroxylation is 1. The van der Waals surface area contributed by atoms with Gasteiger partial charge in [0.2, 0.25) is 0 Å². The van der Waals surface area contributed by atoms with Gasteiger partial charge in [0, 0.05) is 4.87 Å². The van der Waals surface area contributed by atoms with Crippen LogP contribution in [0.15, 0.2) is 24.3 Å². The quantitative estimate of drug-likeness (QED) is 0.476. The lowest BCUT2D eigenvalue weighted by atomic mass is 9.93. The lowest BCUT2D eigenvalue weighted by Crippen LogP contribution is -2.10. The first-order valence-electron chi connectivity index (χ1n) is 8.05. The van der Waals surface area contributed by atoms with E-state index in [0.29, 0.717) is 5.92 Å². The number of hydrogen-bond acceptors (Lipinski definition) is 0. The van der Waals surface area contributed by atoms with Crippen molar-refractivity contribution in [3.8, 4) is 0 Å². The lowest BCUT2D eigenvalue weighted by Gasteiger charge is -2.17. The van der Waals surface area contributed by atoms with Gasteiger partial charge in [0.1, 0.15) is 0 Å². The fourth-order valence-corrected chi connectivity index (χ4v) is 2.63. The normalized spacial score (nSPS) is 13.8. The molecule has 0 aromatic heterocycles. The van der Waals surface area contributed by atoms with Crippen molar-refractivity contribution in [2.45, 2.75) is 77.5 Å². The Labute approximate surface area is 130 Å². The monoisotopic (exact) mass is 294 g/mol. The van der Waals surface area contributed by atoms with Crippen LogP contribution in [-0.2, 0) is 6.42 Å². The summed E-state index contributed by atoms with van der Waals surface area (Å²) in [6.07, 6.45) is 6.12. The molecule has 20 heavy (non-hydrogen) atoms. The molecule has 0 saturated carbocycles. The SMILES string of the molecule is CC(CCCC(C)(C)Cl)CCc1ccc(C(C)C)cc1. The van der Waals surface area contributed by atoms with Gasteiger partial charge in [0.15, 0.2) is 0 Å². The fraction of sp³-hybridized carbons (Fsp3) is 0.684. The molecule has 1 aromatic rings. The summed E-state index contributed by atoms with van der Waals surface area (Å²) in [7, 11) is 0. The molecule has 114 valence electrons. The van der Waals surface area contributed by atoms with Gasteiger partial charge in [0.05, 0.1) is 0 Å². The van der Waals surface area contributed by atoms with E-state index >= 15 is 0 Å². The van der Waals surface area contributed by atoms with Gasteiger partial charge in [0.25, 0.3) is 0 Å². The maximum Gasteiger partial charge on any atom is 0.0390 e. The summed E-state index contributed by atoms with van der Waals surface area (Å²) in [5, 5.41) is 0. The third kappa shape index (κ3) is 7.33. The largest absolute Gasteiger partial charge is 0.120 e. The van der Waals surface area contributed by atoms with E-state index in [-0.39, 0.29) is 4.87 Å². The minimum Gasteiger partial charge on any atom is -0.120 e. The Balaban J connectivity index is 2.28. The molecule has 0 aliphatic carbocycles. The molecule has 0 fully saturated rings. The zero-order valence-electron chi connectivity index (χ0n) is 13.9. The summed E-state index contributed by atoms with van der Waals surface area (Å²) in [6, 6.07) is 9.15. The molecule has 1 heteroatoms. The summed E-state index contributed by atoms with van der Waals surface area (Å²) < 4.78 is 0. The predicted octanol–water partition coefficient (Wildman–Crippen LogP) is 6.57. The number of rotatable bonds is 8. The molecule has 0 radical (unpaired) electrons. The van der Waals surface area contributed by atoms with Crippen molar-refractivity contribution in [3.05, 3.63) is 35.4 Å². The maximum absolute atomic E-state index is 6.23. The van der Waals surface area contributed by atoms with E-state index in [9.17, 15) is 0 Å². The first-order valence-corrected chi connectivity index (χ1v) is 8.43. The van der Waals surface area contributed by atoms with E-state index in [1.807, 2.05) is 0 Å². The Kier molecular flexibility index (Phi) is 7.09. The van der Waals surface area contributed by atoms with Crippen molar-refractivity contribution in [2.24, 2.45) is 5.92 Å².